The minimum atomic E-state index is -0.891. The van der Waals surface area contributed by atoms with Gasteiger partial charge in [-0.25, -0.2) is 0 Å². The smallest absolute Gasteiger partial charge is 0.253 e. The fourth-order valence-electron chi connectivity index (χ4n) is 3.91. The van der Waals surface area contributed by atoms with Gasteiger partial charge in [-0.1, -0.05) is 20.3 Å². The van der Waals surface area contributed by atoms with E-state index in [9.17, 15) is 43.2 Å². The third-order valence-electron chi connectivity index (χ3n) is 6.40. The summed E-state index contributed by atoms with van der Waals surface area (Å²) in [7, 11) is 1.33. The summed E-state index contributed by atoms with van der Waals surface area (Å²) < 4.78 is 4.97. The van der Waals surface area contributed by atoms with Crippen LogP contribution in [0.25, 0.3) is 0 Å². The number of nitrogens with one attached hydrogen (secondary N) is 5. The van der Waals surface area contributed by atoms with Crippen molar-refractivity contribution in [2.24, 2.45) is 0 Å². The van der Waals surface area contributed by atoms with Crippen molar-refractivity contribution in [3.63, 3.8) is 0 Å². The van der Waals surface area contributed by atoms with Crippen LogP contribution in [0.1, 0.15) is 52.9 Å². The number of carbonyl (C=O) groups excluding carboxylic acids is 9. The Morgan fingerprint density at radius 3 is 1.28 bits per heavy atom. The van der Waals surface area contributed by atoms with Crippen LogP contribution in [0.2, 0.25) is 0 Å². The third kappa shape index (κ3) is 15.8. The van der Waals surface area contributed by atoms with E-state index in [-0.39, 0.29) is 65.0 Å². The van der Waals surface area contributed by atoms with Gasteiger partial charge in [0.1, 0.15) is 6.10 Å². The molecular formula is C30H45N7O10. The molecule has 1 atom stereocenters. The van der Waals surface area contributed by atoms with Crippen LogP contribution in [-0.4, -0.2) is 121 Å². The maximum Gasteiger partial charge on any atom is 0.253 e. The Morgan fingerprint density at radius 2 is 0.957 bits per heavy atom. The molecule has 0 aromatic carbocycles. The van der Waals surface area contributed by atoms with E-state index in [1.807, 2.05) is 0 Å². The van der Waals surface area contributed by atoms with Crippen molar-refractivity contribution in [2.75, 3.05) is 46.4 Å². The van der Waals surface area contributed by atoms with E-state index in [4.69, 9.17) is 4.74 Å². The van der Waals surface area contributed by atoms with Gasteiger partial charge in [-0.2, -0.15) is 0 Å². The van der Waals surface area contributed by atoms with E-state index in [1.54, 1.807) is 0 Å². The fourth-order valence-corrected chi connectivity index (χ4v) is 3.91. The van der Waals surface area contributed by atoms with Gasteiger partial charge >= 0.3 is 0 Å². The molecule has 2 aliphatic rings. The van der Waals surface area contributed by atoms with E-state index in [0.717, 1.165) is 34.1 Å². The SMILES string of the molecule is CCC.COC(C)C(=O)NC(CC(=O)NCCNC(=O)CCN1C(=O)C=CC1=O)CC(=O)NCCNC(=O)CCN1C(=O)C=CC1=O. The van der Waals surface area contributed by atoms with Gasteiger partial charge in [-0.15, -0.1) is 0 Å². The van der Waals surface area contributed by atoms with Crippen LogP contribution >= 0.6 is 0 Å². The van der Waals surface area contributed by atoms with Crippen LogP contribution in [0.4, 0.5) is 0 Å². The van der Waals surface area contributed by atoms with Crippen molar-refractivity contribution in [2.45, 2.75) is 65.0 Å². The van der Waals surface area contributed by atoms with Gasteiger partial charge in [0.05, 0.1) is 0 Å². The number of imide groups is 2. The van der Waals surface area contributed by atoms with Crippen molar-refractivity contribution in [1.29, 1.82) is 0 Å². The first-order valence-corrected chi connectivity index (χ1v) is 15.3. The molecule has 2 heterocycles. The lowest BCUT2D eigenvalue weighted by atomic mass is 10.1. The van der Waals surface area contributed by atoms with Gasteiger partial charge in [0, 0.05) is 102 Å². The van der Waals surface area contributed by atoms with Crippen LogP contribution in [0.5, 0.6) is 0 Å². The van der Waals surface area contributed by atoms with Crippen LogP contribution in [-0.2, 0) is 47.9 Å². The number of carbonyl (C=O) groups is 9. The number of rotatable bonds is 19. The second-order valence-corrected chi connectivity index (χ2v) is 10.4. The van der Waals surface area contributed by atoms with E-state index in [2.05, 4.69) is 40.4 Å². The molecule has 0 aromatic rings. The quantitative estimate of drug-likeness (QED) is 0.0740. The maximum atomic E-state index is 12.5. The normalized spacial score (nSPS) is 14.1. The van der Waals surface area contributed by atoms with Gasteiger partial charge in [-0.3, -0.25) is 53.0 Å². The predicted molar refractivity (Wildman–Crippen MR) is 167 cm³/mol. The predicted octanol–water partition coefficient (Wildman–Crippen LogP) is -2.20. The fraction of sp³-hybridized carbons (Fsp3) is 0.567. The number of amides is 9. The number of hydrogen-bond donors (Lipinski definition) is 5. The Kier molecular flexibility index (Phi) is 18.5. The summed E-state index contributed by atoms with van der Waals surface area (Å²) in [5.41, 5.74) is 0. The minimum Gasteiger partial charge on any atom is -0.372 e. The molecule has 0 spiro atoms. The molecule has 1 unspecified atom stereocenters. The molecule has 2 rings (SSSR count). The molecule has 17 heteroatoms. The summed E-state index contributed by atoms with van der Waals surface area (Å²) in [4.78, 5) is 109. The zero-order valence-corrected chi connectivity index (χ0v) is 27.2. The summed E-state index contributed by atoms with van der Waals surface area (Å²) in [6.45, 7) is 5.83. The molecule has 0 saturated carbocycles. The second kappa shape index (κ2) is 21.7. The summed E-state index contributed by atoms with van der Waals surface area (Å²) in [6.07, 6.45) is 4.20. The summed E-state index contributed by atoms with van der Waals surface area (Å²) in [5, 5.41) is 12.9. The Labute approximate surface area is 273 Å². The minimum absolute atomic E-state index is 0.0470. The van der Waals surface area contributed by atoms with Crippen molar-refractivity contribution < 1.29 is 47.9 Å². The number of ether oxygens (including phenoxy) is 1. The maximum absolute atomic E-state index is 12.5. The second-order valence-electron chi connectivity index (χ2n) is 10.4. The molecule has 9 amide bonds. The average Bonchev–Trinajstić information content (AvgIpc) is 3.52. The van der Waals surface area contributed by atoms with Gasteiger partial charge in [0.25, 0.3) is 23.6 Å². The Balaban J connectivity index is 0.00000354. The highest BCUT2D eigenvalue weighted by Crippen LogP contribution is 2.05. The number of methoxy groups -OCH3 is 1. The van der Waals surface area contributed by atoms with Crippen molar-refractivity contribution in [3.05, 3.63) is 24.3 Å². The van der Waals surface area contributed by atoms with Gasteiger partial charge < -0.3 is 31.3 Å². The van der Waals surface area contributed by atoms with Crippen molar-refractivity contribution in [3.8, 4) is 0 Å². The molecule has 0 aliphatic carbocycles. The topological polar surface area (TPSA) is 229 Å². The van der Waals surface area contributed by atoms with Gasteiger partial charge in [0.2, 0.25) is 29.5 Å². The van der Waals surface area contributed by atoms with Crippen LogP contribution in [0, 0.1) is 0 Å². The van der Waals surface area contributed by atoms with E-state index in [1.165, 1.54) is 20.5 Å². The number of hydrogen-bond acceptors (Lipinski definition) is 10. The summed E-state index contributed by atoms with van der Waals surface area (Å²) in [6, 6.07) is -0.891. The average molecular weight is 664 g/mol. The monoisotopic (exact) mass is 663 g/mol. The largest absolute Gasteiger partial charge is 0.372 e. The Morgan fingerprint density at radius 1 is 0.638 bits per heavy atom. The Bertz CT molecular complexity index is 1120. The van der Waals surface area contributed by atoms with Crippen molar-refractivity contribution in [1.82, 2.24) is 36.4 Å². The molecule has 17 nitrogen and oxygen atoms in total. The molecule has 0 fully saturated rings. The molecule has 0 bridgehead atoms. The molecule has 0 aromatic heterocycles. The van der Waals surface area contributed by atoms with Gasteiger partial charge in [0.15, 0.2) is 0 Å². The highest BCUT2D eigenvalue weighted by Gasteiger charge is 2.25. The highest BCUT2D eigenvalue weighted by atomic mass is 16.5. The first-order valence-electron chi connectivity index (χ1n) is 15.3. The lowest BCUT2D eigenvalue weighted by Gasteiger charge is -2.20. The number of nitrogens with zero attached hydrogens (tertiary/aromatic N) is 2. The molecule has 47 heavy (non-hydrogen) atoms. The summed E-state index contributed by atoms with van der Waals surface area (Å²) >= 11 is 0. The van der Waals surface area contributed by atoms with Crippen molar-refractivity contribution >= 4 is 53.2 Å². The van der Waals surface area contributed by atoms with Crippen LogP contribution < -0.4 is 26.6 Å². The standard InChI is InChI=1S/C27H37N7O10.C3H8/c1-17(44-2)27(43)32-18(15-21(37)30-11-9-28-19(35)7-13-33-23(39)3-4-24(33)40)16-22(38)31-12-10-29-20(36)8-14-34-25(41)5-6-26(34)42;1-3-2/h3-6,17-18H,7-16H2,1-2H3,(H,28,35)(H,29,36)(H,30,37)(H,31,38)(H,32,43);3H2,1-2H3. The van der Waals surface area contributed by atoms with Crippen LogP contribution in [0.15, 0.2) is 24.3 Å². The van der Waals surface area contributed by atoms with Gasteiger partial charge in [-0.05, 0) is 6.92 Å². The van der Waals surface area contributed by atoms with E-state index in [0.29, 0.717) is 0 Å². The zero-order chi connectivity index (χ0) is 35.4. The lowest BCUT2D eigenvalue weighted by molar-refractivity contribution is -0.139. The molecule has 5 N–H and O–H groups in total. The lowest BCUT2D eigenvalue weighted by Crippen LogP contribution is -2.46. The molecule has 0 saturated heterocycles. The third-order valence-corrected chi connectivity index (χ3v) is 6.40. The first kappa shape index (κ1) is 40.1. The zero-order valence-electron chi connectivity index (χ0n) is 27.2. The Hall–Kier alpha value is -4.93. The molecule has 0 radical (unpaired) electrons. The highest BCUT2D eigenvalue weighted by molar-refractivity contribution is 6.13. The molecule has 260 valence electrons. The van der Waals surface area contributed by atoms with E-state index >= 15 is 0 Å². The molecule has 2 aliphatic heterocycles. The first-order chi connectivity index (χ1) is 22.3. The summed E-state index contributed by atoms with van der Waals surface area (Å²) in [5.74, 6) is -4.34. The van der Waals surface area contributed by atoms with Crippen LogP contribution in [0.3, 0.4) is 0 Å². The van der Waals surface area contributed by atoms with E-state index < -0.39 is 65.3 Å². The molecular weight excluding hydrogens is 618 g/mol.